The fraction of sp³-hybridized carbons (Fsp3) is 0.238. The Labute approximate surface area is 148 Å². The molecule has 0 aromatic heterocycles. The first-order valence-corrected chi connectivity index (χ1v) is 8.47. The Balaban J connectivity index is 2.04. The van der Waals surface area contributed by atoms with E-state index in [0.717, 1.165) is 12.0 Å². The molecule has 0 bridgehead atoms. The Bertz CT molecular complexity index is 769. The number of rotatable bonds is 5. The minimum Gasteiger partial charge on any atom is -0.359 e. The van der Waals surface area contributed by atoms with Gasteiger partial charge in [-0.05, 0) is 25.0 Å². The molecule has 3 heteroatoms. The van der Waals surface area contributed by atoms with Crippen LogP contribution in [0.2, 0.25) is 0 Å². The van der Waals surface area contributed by atoms with E-state index in [4.69, 9.17) is 11.6 Å². The topological polar surface area (TPSA) is 3.24 Å². The molecule has 0 spiro atoms. The number of hydrogen-bond acceptors (Lipinski definition) is 1. The van der Waals surface area contributed by atoms with E-state index in [1.807, 2.05) is 30.3 Å². The molecule has 3 rings (SSSR count). The predicted octanol–water partition coefficient (Wildman–Crippen LogP) is 5.80. The van der Waals surface area contributed by atoms with Gasteiger partial charge < -0.3 is 4.90 Å². The van der Waals surface area contributed by atoms with Crippen molar-refractivity contribution in [2.75, 3.05) is 11.4 Å². The predicted molar refractivity (Wildman–Crippen MR) is 101 cm³/mol. The number of para-hydroxylation sites is 1. The molecule has 0 amide bonds. The highest BCUT2D eigenvalue weighted by Crippen LogP contribution is 2.38. The normalized spacial score (nSPS) is 15.7. The molecule has 0 saturated heterocycles. The first kappa shape index (κ1) is 16.8. The van der Waals surface area contributed by atoms with Crippen LogP contribution in [0.1, 0.15) is 24.5 Å². The quantitative estimate of drug-likeness (QED) is 0.664. The number of anilines is 1. The largest absolute Gasteiger partial charge is 0.359 e. The SMILES string of the molecule is C=C(Cl)C[C@](C)(Cc1ccccc1)N1CC=Cc2cccc(F)c21. The van der Waals surface area contributed by atoms with E-state index < -0.39 is 0 Å². The van der Waals surface area contributed by atoms with Gasteiger partial charge in [-0.3, -0.25) is 0 Å². The van der Waals surface area contributed by atoms with E-state index in [0.29, 0.717) is 23.7 Å². The molecule has 1 nitrogen and oxygen atoms in total. The Hall–Kier alpha value is -2.06. The Morgan fingerprint density at radius 3 is 2.67 bits per heavy atom. The van der Waals surface area contributed by atoms with Gasteiger partial charge >= 0.3 is 0 Å². The van der Waals surface area contributed by atoms with Crippen LogP contribution >= 0.6 is 11.6 Å². The fourth-order valence-electron chi connectivity index (χ4n) is 3.52. The van der Waals surface area contributed by atoms with E-state index in [-0.39, 0.29) is 11.4 Å². The van der Waals surface area contributed by atoms with Crippen molar-refractivity contribution in [2.24, 2.45) is 0 Å². The summed E-state index contributed by atoms with van der Waals surface area (Å²) < 4.78 is 14.6. The summed E-state index contributed by atoms with van der Waals surface area (Å²) in [4.78, 5) is 2.12. The lowest BCUT2D eigenvalue weighted by Crippen LogP contribution is -2.50. The summed E-state index contributed by atoms with van der Waals surface area (Å²) in [6, 6.07) is 15.4. The van der Waals surface area contributed by atoms with Crippen molar-refractivity contribution in [1.29, 1.82) is 0 Å². The molecule has 0 aliphatic carbocycles. The van der Waals surface area contributed by atoms with E-state index in [2.05, 4.69) is 36.6 Å². The highest BCUT2D eigenvalue weighted by molar-refractivity contribution is 6.29. The minimum absolute atomic E-state index is 0.198. The van der Waals surface area contributed by atoms with Gasteiger partial charge in [0.05, 0.1) is 5.69 Å². The molecular weight excluding hydrogens is 321 g/mol. The maximum atomic E-state index is 14.6. The Morgan fingerprint density at radius 1 is 1.21 bits per heavy atom. The second kappa shape index (κ2) is 6.82. The molecule has 2 aromatic carbocycles. The number of benzene rings is 2. The third kappa shape index (κ3) is 3.39. The lowest BCUT2D eigenvalue weighted by atomic mass is 9.85. The molecular formula is C21H21ClFN. The maximum absolute atomic E-state index is 14.6. The van der Waals surface area contributed by atoms with Crippen LogP contribution in [0.3, 0.4) is 0 Å². The van der Waals surface area contributed by atoms with Crippen LogP contribution in [0, 0.1) is 5.82 Å². The summed E-state index contributed by atoms with van der Waals surface area (Å²) >= 11 is 6.18. The summed E-state index contributed by atoms with van der Waals surface area (Å²) in [6.07, 6.45) is 5.40. The molecule has 0 unspecified atom stereocenters. The number of nitrogens with zero attached hydrogens (tertiary/aromatic N) is 1. The number of fused-ring (bicyclic) bond motifs is 1. The molecule has 24 heavy (non-hydrogen) atoms. The summed E-state index contributed by atoms with van der Waals surface area (Å²) in [7, 11) is 0. The van der Waals surface area contributed by atoms with Crippen molar-refractivity contribution >= 4 is 23.4 Å². The molecule has 1 aliphatic heterocycles. The van der Waals surface area contributed by atoms with Gasteiger partial charge in [0, 0.05) is 29.1 Å². The second-order valence-corrected chi connectivity index (χ2v) is 7.08. The van der Waals surface area contributed by atoms with Gasteiger partial charge in [0.2, 0.25) is 0 Å². The lowest BCUT2D eigenvalue weighted by molar-refractivity contribution is 0.422. The molecule has 1 aliphatic rings. The highest BCUT2D eigenvalue weighted by Gasteiger charge is 2.35. The first-order valence-electron chi connectivity index (χ1n) is 8.09. The van der Waals surface area contributed by atoms with Crippen molar-refractivity contribution in [2.45, 2.75) is 25.3 Å². The monoisotopic (exact) mass is 341 g/mol. The van der Waals surface area contributed by atoms with Gasteiger partial charge in [-0.25, -0.2) is 4.39 Å². The average Bonchev–Trinajstić information content (AvgIpc) is 2.55. The molecule has 0 radical (unpaired) electrons. The van der Waals surface area contributed by atoms with Crippen LogP contribution in [0.25, 0.3) is 6.08 Å². The van der Waals surface area contributed by atoms with Gasteiger partial charge in [0.15, 0.2) is 0 Å². The van der Waals surface area contributed by atoms with Gasteiger partial charge in [-0.2, -0.15) is 0 Å². The summed E-state index contributed by atoms with van der Waals surface area (Å²) in [5.74, 6) is -0.198. The highest BCUT2D eigenvalue weighted by atomic mass is 35.5. The van der Waals surface area contributed by atoms with Crippen molar-refractivity contribution in [3.05, 3.63) is 83.2 Å². The van der Waals surface area contributed by atoms with Crippen molar-refractivity contribution in [1.82, 2.24) is 0 Å². The summed E-state index contributed by atoms with van der Waals surface area (Å²) in [6.45, 7) is 6.66. The molecule has 124 valence electrons. The molecule has 2 aromatic rings. The van der Waals surface area contributed by atoms with Gasteiger partial charge in [-0.1, -0.05) is 72.8 Å². The van der Waals surface area contributed by atoms with Gasteiger partial charge in [-0.15, -0.1) is 0 Å². The summed E-state index contributed by atoms with van der Waals surface area (Å²) in [5.41, 5.74) is 2.39. The first-order chi connectivity index (χ1) is 11.5. The molecule has 1 atom stereocenters. The van der Waals surface area contributed by atoms with Crippen LogP contribution in [0.4, 0.5) is 10.1 Å². The second-order valence-electron chi connectivity index (χ2n) is 6.54. The number of halogens is 2. The van der Waals surface area contributed by atoms with Crippen molar-refractivity contribution in [3.63, 3.8) is 0 Å². The zero-order valence-electron chi connectivity index (χ0n) is 13.8. The molecule has 0 N–H and O–H groups in total. The zero-order valence-corrected chi connectivity index (χ0v) is 14.6. The number of hydrogen-bond donors (Lipinski definition) is 0. The average molecular weight is 342 g/mol. The third-order valence-corrected chi connectivity index (χ3v) is 4.66. The van der Waals surface area contributed by atoms with Crippen LogP contribution in [-0.4, -0.2) is 12.1 Å². The van der Waals surface area contributed by atoms with Crippen LogP contribution in [0.5, 0.6) is 0 Å². The van der Waals surface area contributed by atoms with Crippen molar-refractivity contribution < 1.29 is 4.39 Å². The Kier molecular flexibility index (Phi) is 4.77. The lowest BCUT2D eigenvalue weighted by Gasteiger charge is -2.45. The van der Waals surface area contributed by atoms with E-state index in [1.54, 1.807) is 6.07 Å². The van der Waals surface area contributed by atoms with Crippen LogP contribution < -0.4 is 4.90 Å². The van der Waals surface area contributed by atoms with Crippen LogP contribution in [-0.2, 0) is 6.42 Å². The van der Waals surface area contributed by atoms with E-state index >= 15 is 0 Å². The van der Waals surface area contributed by atoms with Crippen molar-refractivity contribution in [3.8, 4) is 0 Å². The third-order valence-electron chi connectivity index (χ3n) is 4.53. The molecule has 0 saturated carbocycles. The zero-order chi connectivity index (χ0) is 17.2. The fourth-order valence-corrected chi connectivity index (χ4v) is 3.81. The van der Waals surface area contributed by atoms with Gasteiger partial charge in [0.1, 0.15) is 5.82 Å². The summed E-state index contributed by atoms with van der Waals surface area (Å²) in [5, 5.41) is 0.584. The smallest absolute Gasteiger partial charge is 0.147 e. The van der Waals surface area contributed by atoms with E-state index in [1.165, 1.54) is 11.6 Å². The molecule has 0 fully saturated rings. The minimum atomic E-state index is -0.359. The van der Waals surface area contributed by atoms with Crippen LogP contribution in [0.15, 0.2) is 66.2 Å². The van der Waals surface area contributed by atoms with E-state index in [9.17, 15) is 4.39 Å². The molecule has 1 heterocycles. The Morgan fingerprint density at radius 2 is 1.96 bits per heavy atom. The standard InChI is InChI=1S/C21H21ClFN/c1-16(22)14-21(2,15-17-8-4-3-5-9-17)24-13-7-11-18-10-6-12-19(23)20(18)24/h3-12H,1,13-15H2,2H3/t21-/m1/s1. The van der Waals surface area contributed by atoms with Gasteiger partial charge in [0.25, 0.3) is 0 Å². The maximum Gasteiger partial charge on any atom is 0.147 e.